The van der Waals surface area contributed by atoms with Gasteiger partial charge >= 0.3 is 0 Å². The normalized spacial score (nSPS) is 25.1. The first-order chi connectivity index (χ1) is 14.5. The van der Waals surface area contributed by atoms with Crippen molar-refractivity contribution >= 4 is 17.3 Å². The number of benzene rings is 1. The summed E-state index contributed by atoms with van der Waals surface area (Å²) < 4.78 is 19.2. The molecule has 3 aliphatic rings. The minimum atomic E-state index is -0.781. The van der Waals surface area contributed by atoms with Gasteiger partial charge in [-0.1, -0.05) is 29.5 Å². The highest BCUT2D eigenvalue weighted by atomic mass is 16.7. The van der Waals surface area contributed by atoms with Gasteiger partial charge in [-0.25, -0.2) is 4.68 Å². The monoisotopic (exact) mass is 409 g/mol. The van der Waals surface area contributed by atoms with Gasteiger partial charge in [0.1, 0.15) is 23.1 Å². The Bertz CT molecular complexity index is 1050. The lowest BCUT2D eigenvalue weighted by Gasteiger charge is -2.27. The molecule has 2 aromatic rings. The molecule has 0 amide bonds. The number of hydrogen-bond acceptors (Lipinski definition) is 7. The van der Waals surface area contributed by atoms with Gasteiger partial charge in [-0.2, -0.15) is 0 Å². The average molecular weight is 409 g/mol. The van der Waals surface area contributed by atoms with Crippen molar-refractivity contribution in [3.05, 3.63) is 52.9 Å². The van der Waals surface area contributed by atoms with E-state index >= 15 is 0 Å². The van der Waals surface area contributed by atoms with Crippen molar-refractivity contribution in [2.24, 2.45) is 0 Å². The third kappa shape index (κ3) is 3.07. The Hall–Kier alpha value is -2.84. The Kier molecular flexibility index (Phi) is 4.56. The molecule has 3 heterocycles. The number of hydrogen-bond donors (Lipinski definition) is 0. The van der Waals surface area contributed by atoms with E-state index < -0.39 is 23.2 Å². The SMILES string of the molecule is CC1(C)OC2=C(C(=O)C(=O)c3ccccc32)C1n1cc(COC2CCCCO2)nn1. The number of nitrogens with zero attached hydrogens (tertiary/aromatic N) is 3. The van der Waals surface area contributed by atoms with Crippen LogP contribution in [0.15, 0.2) is 36.0 Å². The standard InChI is InChI=1S/C22H23N3O5/c1-22(2)21(25-11-13(23-24-25)12-29-16-9-5-6-10-28-16)17-19(27)18(26)14-7-3-4-8-15(14)20(17)30-22/h3-4,7-8,11,16,21H,5-6,9-10,12H2,1-2H3. The number of ether oxygens (including phenoxy) is 3. The van der Waals surface area contributed by atoms with Crippen LogP contribution in [0.5, 0.6) is 0 Å². The van der Waals surface area contributed by atoms with E-state index in [1.807, 2.05) is 19.9 Å². The summed E-state index contributed by atoms with van der Waals surface area (Å²) in [5.41, 5.74) is 1.19. The molecule has 1 aliphatic carbocycles. The van der Waals surface area contributed by atoms with Crippen LogP contribution in [0, 0.1) is 0 Å². The van der Waals surface area contributed by atoms with E-state index in [1.54, 1.807) is 29.1 Å². The van der Waals surface area contributed by atoms with E-state index in [1.165, 1.54) is 0 Å². The Morgan fingerprint density at radius 1 is 1.17 bits per heavy atom. The molecule has 30 heavy (non-hydrogen) atoms. The van der Waals surface area contributed by atoms with Gasteiger partial charge in [-0.15, -0.1) is 5.10 Å². The van der Waals surface area contributed by atoms with Crippen LogP contribution in [0.25, 0.3) is 5.76 Å². The zero-order chi connectivity index (χ0) is 20.9. The van der Waals surface area contributed by atoms with Gasteiger partial charge in [0.05, 0.1) is 18.4 Å². The number of Topliss-reactive ketones (excluding diaryl/α,β-unsaturated/α-hetero) is 2. The molecule has 2 aliphatic heterocycles. The second-order valence-corrected chi connectivity index (χ2v) is 8.35. The van der Waals surface area contributed by atoms with Crippen LogP contribution in [-0.4, -0.2) is 45.1 Å². The number of aromatic nitrogens is 3. The highest BCUT2D eigenvalue weighted by molar-refractivity contribution is 6.52. The lowest BCUT2D eigenvalue weighted by Crippen LogP contribution is -2.35. The summed E-state index contributed by atoms with van der Waals surface area (Å²) in [5.74, 6) is -0.619. The maximum Gasteiger partial charge on any atom is 0.235 e. The minimum Gasteiger partial charge on any atom is -0.484 e. The van der Waals surface area contributed by atoms with Gasteiger partial charge in [0.25, 0.3) is 0 Å². The largest absolute Gasteiger partial charge is 0.484 e. The van der Waals surface area contributed by atoms with E-state index in [0.717, 1.165) is 19.3 Å². The number of carbonyl (C=O) groups is 2. The molecular formula is C22H23N3O5. The summed E-state index contributed by atoms with van der Waals surface area (Å²) in [6.07, 6.45) is 4.52. The van der Waals surface area contributed by atoms with Crippen molar-refractivity contribution in [3.8, 4) is 0 Å². The van der Waals surface area contributed by atoms with Crippen molar-refractivity contribution in [2.45, 2.75) is 57.6 Å². The molecule has 1 aromatic carbocycles. The van der Waals surface area contributed by atoms with E-state index in [-0.39, 0.29) is 12.9 Å². The van der Waals surface area contributed by atoms with Gasteiger partial charge in [-0.05, 0) is 33.1 Å². The Balaban J connectivity index is 1.45. The third-order valence-corrected chi connectivity index (χ3v) is 5.79. The highest BCUT2D eigenvalue weighted by Gasteiger charge is 2.52. The van der Waals surface area contributed by atoms with Crippen molar-refractivity contribution in [3.63, 3.8) is 0 Å². The lowest BCUT2D eigenvalue weighted by atomic mass is 9.83. The first-order valence-electron chi connectivity index (χ1n) is 10.2. The fourth-order valence-corrected chi connectivity index (χ4v) is 4.37. The fourth-order valence-electron chi connectivity index (χ4n) is 4.37. The molecule has 1 aromatic heterocycles. The van der Waals surface area contributed by atoms with Crippen molar-refractivity contribution in [1.82, 2.24) is 15.0 Å². The maximum atomic E-state index is 13.0. The summed E-state index contributed by atoms with van der Waals surface area (Å²) in [6, 6.07) is 6.46. The molecule has 1 fully saturated rings. The zero-order valence-corrected chi connectivity index (χ0v) is 17.0. The van der Waals surface area contributed by atoms with E-state index in [0.29, 0.717) is 34.8 Å². The van der Waals surface area contributed by atoms with Crippen LogP contribution < -0.4 is 0 Å². The number of rotatable bonds is 4. The van der Waals surface area contributed by atoms with Gasteiger partial charge < -0.3 is 14.2 Å². The van der Waals surface area contributed by atoms with Gasteiger partial charge in [-0.3, -0.25) is 9.59 Å². The van der Waals surface area contributed by atoms with Crippen LogP contribution in [-0.2, 0) is 25.6 Å². The van der Waals surface area contributed by atoms with Gasteiger partial charge in [0, 0.05) is 17.7 Å². The Morgan fingerprint density at radius 2 is 1.97 bits per heavy atom. The molecule has 0 radical (unpaired) electrons. The number of carbonyl (C=O) groups excluding carboxylic acids is 2. The zero-order valence-electron chi connectivity index (χ0n) is 17.0. The summed E-state index contributed by atoms with van der Waals surface area (Å²) in [7, 11) is 0. The van der Waals surface area contributed by atoms with Crippen LogP contribution in [0.1, 0.15) is 60.8 Å². The second-order valence-electron chi connectivity index (χ2n) is 8.35. The summed E-state index contributed by atoms with van der Waals surface area (Å²) in [4.78, 5) is 25.7. The fraction of sp³-hybridized carbons (Fsp3) is 0.455. The van der Waals surface area contributed by atoms with E-state index in [4.69, 9.17) is 14.2 Å². The predicted molar refractivity (Wildman–Crippen MR) is 105 cm³/mol. The summed E-state index contributed by atoms with van der Waals surface area (Å²) in [6.45, 7) is 4.73. The van der Waals surface area contributed by atoms with Crippen molar-refractivity contribution in [2.75, 3.05) is 6.61 Å². The van der Waals surface area contributed by atoms with Crippen LogP contribution >= 0.6 is 0 Å². The smallest absolute Gasteiger partial charge is 0.235 e. The number of fused-ring (bicyclic) bond motifs is 2. The molecule has 8 heteroatoms. The van der Waals surface area contributed by atoms with Crippen LogP contribution in [0.4, 0.5) is 0 Å². The van der Waals surface area contributed by atoms with Crippen molar-refractivity contribution in [1.29, 1.82) is 0 Å². The van der Waals surface area contributed by atoms with Crippen LogP contribution in [0.3, 0.4) is 0 Å². The molecule has 0 N–H and O–H groups in total. The molecular weight excluding hydrogens is 386 g/mol. The molecule has 0 spiro atoms. The van der Waals surface area contributed by atoms with E-state index in [9.17, 15) is 9.59 Å². The van der Waals surface area contributed by atoms with Crippen LogP contribution in [0.2, 0.25) is 0 Å². The quantitative estimate of drug-likeness (QED) is 0.717. The van der Waals surface area contributed by atoms with Crippen molar-refractivity contribution < 1.29 is 23.8 Å². The Labute approximate surface area is 173 Å². The Morgan fingerprint density at radius 3 is 2.73 bits per heavy atom. The van der Waals surface area contributed by atoms with Gasteiger partial charge in [0.2, 0.25) is 11.6 Å². The minimum absolute atomic E-state index is 0.224. The lowest BCUT2D eigenvalue weighted by molar-refractivity contribution is -0.169. The highest BCUT2D eigenvalue weighted by Crippen LogP contribution is 2.49. The topological polar surface area (TPSA) is 92.5 Å². The first-order valence-corrected chi connectivity index (χ1v) is 10.2. The summed E-state index contributed by atoms with van der Waals surface area (Å²) >= 11 is 0. The first kappa shape index (κ1) is 19.1. The molecule has 5 rings (SSSR count). The van der Waals surface area contributed by atoms with E-state index in [2.05, 4.69) is 10.3 Å². The second kappa shape index (κ2) is 7.14. The molecule has 2 unspecified atom stereocenters. The predicted octanol–water partition coefficient (Wildman–Crippen LogP) is 2.85. The summed E-state index contributed by atoms with van der Waals surface area (Å²) in [5, 5.41) is 8.43. The van der Waals surface area contributed by atoms with Gasteiger partial charge in [0.15, 0.2) is 6.29 Å². The molecule has 8 nitrogen and oxygen atoms in total. The molecule has 2 atom stereocenters. The third-order valence-electron chi connectivity index (χ3n) is 5.79. The molecule has 0 bridgehead atoms. The molecule has 156 valence electrons. The molecule has 1 saturated heterocycles. The maximum absolute atomic E-state index is 13.0. The average Bonchev–Trinajstić information content (AvgIpc) is 3.32. The number of ketones is 2. The molecule has 0 saturated carbocycles.